The van der Waals surface area contributed by atoms with Crippen molar-refractivity contribution in [3.05, 3.63) is 18.0 Å². The molecule has 4 nitrogen and oxygen atoms in total. The molecule has 0 spiro atoms. The van der Waals surface area contributed by atoms with Gasteiger partial charge in [-0.1, -0.05) is 13.8 Å². The number of hydrogen-bond acceptors (Lipinski definition) is 4. The molecule has 0 saturated heterocycles. The number of rotatable bonds is 6. The molecule has 90 valence electrons. The monoisotopic (exact) mass is 222 g/mol. The van der Waals surface area contributed by atoms with Crippen LogP contribution in [0.15, 0.2) is 12.4 Å². The van der Waals surface area contributed by atoms with E-state index in [1.165, 1.54) is 5.56 Å². The average Bonchev–Trinajstić information content (AvgIpc) is 2.26. The first-order chi connectivity index (χ1) is 7.63. The smallest absolute Gasteiger partial charge is 0.225 e. The van der Waals surface area contributed by atoms with E-state index >= 15 is 0 Å². The van der Waals surface area contributed by atoms with Gasteiger partial charge < -0.3 is 10.2 Å². The summed E-state index contributed by atoms with van der Waals surface area (Å²) in [6.45, 7) is 6.26. The number of nitrogens with one attached hydrogen (secondary N) is 1. The Morgan fingerprint density at radius 3 is 2.44 bits per heavy atom. The first kappa shape index (κ1) is 12.9. The molecule has 0 fully saturated rings. The zero-order valence-electron chi connectivity index (χ0n) is 10.7. The van der Waals surface area contributed by atoms with Gasteiger partial charge in [-0.15, -0.1) is 0 Å². The average molecular weight is 222 g/mol. The normalized spacial score (nSPS) is 10.8. The van der Waals surface area contributed by atoms with Crippen LogP contribution in [0.3, 0.4) is 0 Å². The summed E-state index contributed by atoms with van der Waals surface area (Å²) >= 11 is 0. The predicted octanol–water partition coefficient (Wildman–Crippen LogP) is 1.33. The third-order valence-electron chi connectivity index (χ3n) is 2.37. The van der Waals surface area contributed by atoms with Crippen LogP contribution in [-0.2, 0) is 6.42 Å². The molecule has 1 rings (SSSR count). The lowest BCUT2D eigenvalue weighted by molar-refractivity contribution is 0.643. The van der Waals surface area contributed by atoms with E-state index in [0.717, 1.165) is 25.5 Å². The van der Waals surface area contributed by atoms with E-state index in [-0.39, 0.29) is 0 Å². The van der Waals surface area contributed by atoms with Gasteiger partial charge in [0.1, 0.15) is 0 Å². The van der Waals surface area contributed by atoms with Crippen LogP contribution in [0.1, 0.15) is 19.4 Å². The van der Waals surface area contributed by atoms with Gasteiger partial charge in [0.2, 0.25) is 5.95 Å². The van der Waals surface area contributed by atoms with Crippen molar-refractivity contribution in [3.63, 3.8) is 0 Å². The zero-order valence-corrected chi connectivity index (χ0v) is 10.7. The summed E-state index contributed by atoms with van der Waals surface area (Å²) in [5, 5.41) is 3.11. The fourth-order valence-corrected chi connectivity index (χ4v) is 1.50. The maximum Gasteiger partial charge on any atom is 0.225 e. The third-order valence-corrected chi connectivity index (χ3v) is 2.37. The first-order valence-corrected chi connectivity index (χ1v) is 5.80. The lowest BCUT2D eigenvalue weighted by Crippen LogP contribution is -2.28. The highest BCUT2D eigenvalue weighted by Gasteiger charge is 2.04. The topological polar surface area (TPSA) is 41.0 Å². The fourth-order valence-electron chi connectivity index (χ4n) is 1.50. The Kier molecular flexibility index (Phi) is 5.19. The van der Waals surface area contributed by atoms with Crippen molar-refractivity contribution < 1.29 is 0 Å². The van der Waals surface area contributed by atoms with E-state index in [4.69, 9.17) is 0 Å². The van der Waals surface area contributed by atoms with E-state index in [1.54, 1.807) is 0 Å². The highest BCUT2D eigenvalue weighted by atomic mass is 15.2. The molecule has 0 aliphatic rings. The number of anilines is 1. The van der Waals surface area contributed by atoms with Crippen LogP contribution in [-0.4, -0.2) is 37.2 Å². The Balaban J connectivity index is 2.56. The van der Waals surface area contributed by atoms with Gasteiger partial charge >= 0.3 is 0 Å². The van der Waals surface area contributed by atoms with Crippen molar-refractivity contribution in [1.29, 1.82) is 0 Å². The highest BCUT2D eigenvalue weighted by Crippen LogP contribution is 2.08. The first-order valence-electron chi connectivity index (χ1n) is 5.80. The molecule has 1 heterocycles. The van der Waals surface area contributed by atoms with Crippen molar-refractivity contribution in [2.45, 2.75) is 20.3 Å². The molecule has 0 atom stereocenters. The third kappa shape index (κ3) is 4.14. The minimum absolute atomic E-state index is 0.650. The molecular formula is C12H22N4. The molecule has 0 radical (unpaired) electrons. The molecule has 1 N–H and O–H groups in total. The van der Waals surface area contributed by atoms with Gasteiger partial charge in [-0.2, -0.15) is 0 Å². The van der Waals surface area contributed by atoms with Crippen LogP contribution >= 0.6 is 0 Å². The van der Waals surface area contributed by atoms with Crippen LogP contribution in [0.25, 0.3) is 0 Å². The van der Waals surface area contributed by atoms with Crippen molar-refractivity contribution in [2.75, 3.05) is 32.1 Å². The van der Waals surface area contributed by atoms with E-state index < -0.39 is 0 Å². The molecule has 1 aromatic heterocycles. The molecule has 0 aromatic carbocycles. The standard InChI is InChI=1S/C12H22N4/c1-10(2)7-11-8-14-12(15-9-11)16(4)6-5-13-3/h8-10,13H,5-7H2,1-4H3. The number of likely N-dealkylation sites (N-methyl/N-ethyl adjacent to an activating group) is 2. The summed E-state index contributed by atoms with van der Waals surface area (Å²) in [4.78, 5) is 10.8. The van der Waals surface area contributed by atoms with Crippen molar-refractivity contribution in [1.82, 2.24) is 15.3 Å². The fraction of sp³-hybridized carbons (Fsp3) is 0.667. The van der Waals surface area contributed by atoms with Crippen LogP contribution in [0, 0.1) is 5.92 Å². The summed E-state index contributed by atoms with van der Waals surface area (Å²) < 4.78 is 0. The molecule has 16 heavy (non-hydrogen) atoms. The SMILES string of the molecule is CNCCN(C)c1ncc(CC(C)C)cn1. The molecule has 4 heteroatoms. The van der Waals surface area contributed by atoms with Gasteiger partial charge in [-0.05, 0) is 24.9 Å². The predicted molar refractivity (Wildman–Crippen MR) is 67.8 cm³/mol. The second kappa shape index (κ2) is 6.43. The Morgan fingerprint density at radius 1 is 1.31 bits per heavy atom. The van der Waals surface area contributed by atoms with Gasteiger partial charge in [0.05, 0.1) is 0 Å². The summed E-state index contributed by atoms with van der Waals surface area (Å²) in [6, 6.07) is 0. The number of hydrogen-bond donors (Lipinski definition) is 1. The Hall–Kier alpha value is -1.16. The van der Waals surface area contributed by atoms with Crippen molar-refractivity contribution >= 4 is 5.95 Å². The van der Waals surface area contributed by atoms with Gasteiger partial charge in [-0.25, -0.2) is 9.97 Å². The molecule has 1 aromatic rings. The second-order valence-corrected chi connectivity index (χ2v) is 4.51. The summed E-state index contributed by atoms with van der Waals surface area (Å²) in [7, 11) is 3.95. The lowest BCUT2D eigenvalue weighted by Gasteiger charge is -2.16. The summed E-state index contributed by atoms with van der Waals surface area (Å²) in [5.74, 6) is 1.44. The Labute approximate surface area is 98.1 Å². The van der Waals surface area contributed by atoms with Gasteiger partial charge in [0.15, 0.2) is 0 Å². The maximum atomic E-state index is 4.37. The van der Waals surface area contributed by atoms with Crippen LogP contribution < -0.4 is 10.2 Å². The molecule has 0 saturated carbocycles. The summed E-state index contributed by atoms with van der Waals surface area (Å²) in [6.07, 6.45) is 4.90. The molecule has 0 unspecified atom stereocenters. The molecule has 0 bridgehead atoms. The maximum absolute atomic E-state index is 4.37. The zero-order chi connectivity index (χ0) is 12.0. The molecule has 0 aliphatic carbocycles. The minimum Gasteiger partial charge on any atom is -0.343 e. The van der Waals surface area contributed by atoms with E-state index in [9.17, 15) is 0 Å². The second-order valence-electron chi connectivity index (χ2n) is 4.51. The molecule has 0 aliphatic heterocycles. The quantitative estimate of drug-likeness (QED) is 0.788. The lowest BCUT2D eigenvalue weighted by atomic mass is 10.1. The number of aromatic nitrogens is 2. The van der Waals surface area contributed by atoms with Crippen LogP contribution in [0.5, 0.6) is 0 Å². The van der Waals surface area contributed by atoms with Crippen LogP contribution in [0.2, 0.25) is 0 Å². The molecule has 0 amide bonds. The van der Waals surface area contributed by atoms with Crippen molar-refractivity contribution in [2.24, 2.45) is 5.92 Å². The van der Waals surface area contributed by atoms with Gasteiger partial charge in [0.25, 0.3) is 0 Å². The van der Waals surface area contributed by atoms with E-state index in [2.05, 4.69) is 34.0 Å². The van der Waals surface area contributed by atoms with Crippen LogP contribution in [0.4, 0.5) is 5.95 Å². The van der Waals surface area contributed by atoms with Gasteiger partial charge in [0, 0.05) is 32.5 Å². The van der Waals surface area contributed by atoms with E-state index in [1.807, 2.05) is 26.5 Å². The minimum atomic E-state index is 0.650. The van der Waals surface area contributed by atoms with Crippen molar-refractivity contribution in [3.8, 4) is 0 Å². The largest absolute Gasteiger partial charge is 0.343 e. The Bertz CT molecular complexity index is 294. The highest BCUT2D eigenvalue weighted by molar-refractivity contribution is 5.28. The Morgan fingerprint density at radius 2 is 1.94 bits per heavy atom. The molecular weight excluding hydrogens is 200 g/mol. The van der Waals surface area contributed by atoms with Gasteiger partial charge in [-0.3, -0.25) is 0 Å². The number of nitrogens with zero attached hydrogens (tertiary/aromatic N) is 3. The van der Waals surface area contributed by atoms with E-state index in [0.29, 0.717) is 5.92 Å². The summed E-state index contributed by atoms with van der Waals surface area (Å²) in [5.41, 5.74) is 1.21.